The molecule has 0 heterocycles. The molecule has 2 aliphatic rings. The predicted molar refractivity (Wildman–Crippen MR) is 94.7 cm³/mol. The zero-order valence-electron chi connectivity index (χ0n) is 14.1. The highest BCUT2D eigenvalue weighted by Crippen LogP contribution is 2.24. The molecule has 0 saturated heterocycles. The Bertz CT molecular complexity index is 579. The second-order valence-electron chi connectivity index (χ2n) is 7.15. The highest BCUT2D eigenvalue weighted by Gasteiger charge is 2.25. The Morgan fingerprint density at radius 2 is 1.67 bits per heavy atom. The lowest BCUT2D eigenvalue weighted by Gasteiger charge is -2.25. The van der Waals surface area contributed by atoms with Crippen molar-refractivity contribution in [2.75, 3.05) is 5.32 Å². The number of nitrogens with one attached hydrogen (secondary N) is 2. The maximum atomic E-state index is 12.3. The quantitative estimate of drug-likeness (QED) is 0.794. The van der Waals surface area contributed by atoms with Gasteiger partial charge in [0.15, 0.2) is 0 Å². The second-order valence-corrected chi connectivity index (χ2v) is 7.15. The number of carbonyl (C=O) groups excluding carboxylic acids is 2. The van der Waals surface area contributed by atoms with Gasteiger partial charge in [0.25, 0.3) is 5.91 Å². The third-order valence-corrected chi connectivity index (χ3v) is 5.19. The van der Waals surface area contributed by atoms with Gasteiger partial charge in [-0.15, -0.1) is 0 Å². The van der Waals surface area contributed by atoms with Crippen LogP contribution in [0.15, 0.2) is 24.3 Å². The average Bonchev–Trinajstić information content (AvgIpc) is 3.08. The number of hydrogen-bond donors (Lipinski definition) is 3. The van der Waals surface area contributed by atoms with Crippen molar-refractivity contribution in [3.05, 3.63) is 29.8 Å². The van der Waals surface area contributed by atoms with Crippen LogP contribution in [0.3, 0.4) is 0 Å². The first-order valence-electron chi connectivity index (χ1n) is 9.09. The molecular weight excluding hydrogens is 302 g/mol. The highest BCUT2D eigenvalue weighted by molar-refractivity contribution is 5.96. The minimum Gasteiger partial charge on any atom is -0.349 e. The molecule has 5 nitrogen and oxygen atoms in total. The molecule has 2 amide bonds. The van der Waals surface area contributed by atoms with Crippen LogP contribution >= 0.6 is 0 Å². The SMILES string of the molecule is NC1CCCC(C(=O)Nc2ccc(C(=O)NC3CCCC3)cc2)C1. The van der Waals surface area contributed by atoms with Crippen LogP contribution in [0.4, 0.5) is 5.69 Å². The molecule has 2 unspecified atom stereocenters. The van der Waals surface area contributed by atoms with E-state index in [2.05, 4.69) is 10.6 Å². The molecule has 0 aromatic heterocycles. The fraction of sp³-hybridized carbons (Fsp3) is 0.579. The van der Waals surface area contributed by atoms with Gasteiger partial charge in [-0.25, -0.2) is 0 Å². The van der Waals surface area contributed by atoms with Gasteiger partial charge in [-0.3, -0.25) is 9.59 Å². The normalized spacial score (nSPS) is 24.5. The summed E-state index contributed by atoms with van der Waals surface area (Å²) in [4.78, 5) is 24.5. The molecule has 4 N–H and O–H groups in total. The summed E-state index contributed by atoms with van der Waals surface area (Å²) in [6, 6.07) is 7.58. The summed E-state index contributed by atoms with van der Waals surface area (Å²) in [6.45, 7) is 0. The van der Waals surface area contributed by atoms with Crippen molar-refractivity contribution < 1.29 is 9.59 Å². The molecule has 5 heteroatoms. The van der Waals surface area contributed by atoms with Gasteiger partial charge >= 0.3 is 0 Å². The zero-order valence-corrected chi connectivity index (χ0v) is 14.1. The van der Waals surface area contributed by atoms with Crippen LogP contribution in [0.25, 0.3) is 0 Å². The molecule has 1 aromatic rings. The summed E-state index contributed by atoms with van der Waals surface area (Å²) in [5.41, 5.74) is 7.32. The third-order valence-electron chi connectivity index (χ3n) is 5.19. The molecule has 2 aliphatic carbocycles. The molecule has 0 radical (unpaired) electrons. The Morgan fingerprint density at radius 1 is 0.958 bits per heavy atom. The molecule has 0 aliphatic heterocycles. The molecule has 24 heavy (non-hydrogen) atoms. The second kappa shape index (κ2) is 7.79. The van der Waals surface area contributed by atoms with E-state index in [9.17, 15) is 9.59 Å². The van der Waals surface area contributed by atoms with Crippen LogP contribution < -0.4 is 16.4 Å². The van der Waals surface area contributed by atoms with Gasteiger partial charge in [-0.2, -0.15) is 0 Å². The van der Waals surface area contributed by atoms with Crippen molar-refractivity contribution in [2.24, 2.45) is 11.7 Å². The first-order valence-corrected chi connectivity index (χ1v) is 9.09. The molecule has 1 aromatic carbocycles. The van der Waals surface area contributed by atoms with Crippen molar-refractivity contribution in [1.29, 1.82) is 0 Å². The molecule has 2 saturated carbocycles. The Labute approximate surface area is 143 Å². The average molecular weight is 329 g/mol. The van der Waals surface area contributed by atoms with Crippen LogP contribution in [0, 0.1) is 5.92 Å². The van der Waals surface area contributed by atoms with Crippen molar-refractivity contribution >= 4 is 17.5 Å². The lowest BCUT2D eigenvalue weighted by molar-refractivity contribution is -0.120. The Kier molecular flexibility index (Phi) is 5.51. The van der Waals surface area contributed by atoms with Gasteiger partial charge in [0.05, 0.1) is 0 Å². The topological polar surface area (TPSA) is 84.2 Å². The first kappa shape index (κ1) is 17.0. The van der Waals surface area contributed by atoms with Crippen LogP contribution in [-0.2, 0) is 4.79 Å². The molecule has 0 bridgehead atoms. The highest BCUT2D eigenvalue weighted by atomic mass is 16.2. The lowest BCUT2D eigenvalue weighted by Crippen LogP contribution is -2.34. The van der Waals surface area contributed by atoms with Crippen molar-refractivity contribution in [3.8, 4) is 0 Å². The number of amides is 2. The van der Waals surface area contributed by atoms with Gasteiger partial charge in [-0.05, 0) is 56.4 Å². The minimum absolute atomic E-state index is 0.000841. The maximum Gasteiger partial charge on any atom is 0.251 e. The van der Waals surface area contributed by atoms with Crippen LogP contribution in [0.5, 0.6) is 0 Å². The standard InChI is InChI=1S/C19H27N3O2/c20-15-5-3-4-14(12-15)19(24)22-17-10-8-13(9-11-17)18(23)21-16-6-1-2-7-16/h8-11,14-16H,1-7,12,20H2,(H,21,23)(H,22,24). The number of rotatable bonds is 4. The van der Waals surface area contributed by atoms with Gasteiger partial charge in [0.1, 0.15) is 0 Å². The van der Waals surface area contributed by atoms with E-state index in [0.717, 1.165) is 44.2 Å². The minimum atomic E-state index is -0.0296. The monoisotopic (exact) mass is 329 g/mol. The van der Waals surface area contributed by atoms with Crippen molar-refractivity contribution in [1.82, 2.24) is 5.32 Å². The van der Waals surface area contributed by atoms with Gasteiger partial charge < -0.3 is 16.4 Å². The maximum absolute atomic E-state index is 12.3. The molecule has 3 rings (SSSR count). The van der Waals surface area contributed by atoms with E-state index in [1.54, 1.807) is 24.3 Å². The summed E-state index contributed by atoms with van der Waals surface area (Å²) in [7, 11) is 0. The Balaban J connectivity index is 1.53. The first-order chi connectivity index (χ1) is 11.6. The summed E-state index contributed by atoms with van der Waals surface area (Å²) >= 11 is 0. The van der Waals surface area contributed by atoms with E-state index in [1.807, 2.05) is 0 Å². The summed E-state index contributed by atoms with van der Waals surface area (Å²) in [6.07, 6.45) is 8.22. The van der Waals surface area contributed by atoms with Crippen molar-refractivity contribution in [3.63, 3.8) is 0 Å². The largest absolute Gasteiger partial charge is 0.349 e. The number of carbonyl (C=O) groups is 2. The Hall–Kier alpha value is -1.88. The number of hydrogen-bond acceptors (Lipinski definition) is 3. The van der Waals surface area contributed by atoms with Crippen molar-refractivity contribution in [2.45, 2.75) is 63.5 Å². The van der Waals surface area contributed by atoms with Gasteiger partial charge in [-0.1, -0.05) is 19.3 Å². The van der Waals surface area contributed by atoms with E-state index in [1.165, 1.54) is 12.8 Å². The zero-order chi connectivity index (χ0) is 16.9. The van der Waals surface area contributed by atoms with Crippen LogP contribution in [0.1, 0.15) is 61.7 Å². The fourth-order valence-corrected chi connectivity index (χ4v) is 3.75. The molecule has 2 fully saturated rings. The van der Waals surface area contributed by atoms with Gasteiger partial charge in [0, 0.05) is 29.3 Å². The Morgan fingerprint density at radius 3 is 2.33 bits per heavy atom. The molecule has 2 atom stereocenters. The smallest absolute Gasteiger partial charge is 0.251 e. The fourth-order valence-electron chi connectivity index (χ4n) is 3.75. The summed E-state index contributed by atoms with van der Waals surface area (Å²) < 4.78 is 0. The van der Waals surface area contributed by atoms with Crippen LogP contribution in [-0.4, -0.2) is 23.9 Å². The van der Waals surface area contributed by atoms with Gasteiger partial charge in [0.2, 0.25) is 5.91 Å². The third kappa shape index (κ3) is 4.35. The summed E-state index contributed by atoms with van der Waals surface area (Å²) in [5.74, 6) is 0.00503. The predicted octanol–water partition coefficient (Wildman–Crippen LogP) is 2.82. The van der Waals surface area contributed by atoms with E-state index in [0.29, 0.717) is 11.6 Å². The van der Waals surface area contributed by atoms with E-state index >= 15 is 0 Å². The van der Waals surface area contributed by atoms with Crippen LogP contribution in [0.2, 0.25) is 0 Å². The molecule has 130 valence electrons. The number of anilines is 1. The number of nitrogens with two attached hydrogens (primary N) is 1. The van der Waals surface area contributed by atoms with E-state index in [-0.39, 0.29) is 23.8 Å². The molecule has 0 spiro atoms. The van der Waals surface area contributed by atoms with E-state index < -0.39 is 0 Å². The summed E-state index contributed by atoms with van der Waals surface area (Å²) in [5, 5.41) is 6.02. The lowest BCUT2D eigenvalue weighted by atomic mass is 9.85. The molecular formula is C19H27N3O2. The van der Waals surface area contributed by atoms with E-state index in [4.69, 9.17) is 5.73 Å². The number of benzene rings is 1.